The molecule has 0 saturated carbocycles. The Labute approximate surface area is 152 Å². The number of carbonyl (C=O) groups excluding carboxylic acids is 1. The zero-order chi connectivity index (χ0) is 18.8. The monoisotopic (exact) mass is 354 g/mol. The fourth-order valence-corrected chi connectivity index (χ4v) is 3.37. The molecule has 1 atom stereocenters. The van der Waals surface area contributed by atoms with Crippen LogP contribution >= 0.6 is 0 Å². The number of nitrogens with one attached hydrogen (secondary N) is 2. The normalized spacial score (nSPS) is 12.3. The SMILES string of the molecule is Cc1[nH]c2c(C)ccc(C)c2c1CC(=O)N[C@@H](CO)c1ccc(F)cc1. The summed E-state index contributed by atoms with van der Waals surface area (Å²) in [6.07, 6.45) is 0.216. The zero-order valence-electron chi connectivity index (χ0n) is 15.2. The van der Waals surface area contributed by atoms with Crippen molar-refractivity contribution in [3.63, 3.8) is 0 Å². The lowest BCUT2D eigenvalue weighted by atomic mass is 10.0. The largest absolute Gasteiger partial charge is 0.394 e. The third kappa shape index (κ3) is 3.48. The number of hydrogen-bond donors (Lipinski definition) is 3. The van der Waals surface area contributed by atoms with Gasteiger partial charge in [0.05, 0.1) is 19.1 Å². The van der Waals surface area contributed by atoms with Crippen LogP contribution in [0.5, 0.6) is 0 Å². The van der Waals surface area contributed by atoms with Crippen LogP contribution in [0.4, 0.5) is 4.39 Å². The van der Waals surface area contributed by atoms with Crippen LogP contribution in [0.3, 0.4) is 0 Å². The first-order valence-corrected chi connectivity index (χ1v) is 8.63. The van der Waals surface area contributed by atoms with E-state index in [1.54, 1.807) is 12.1 Å². The molecule has 0 unspecified atom stereocenters. The maximum Gasteiger partial charge on any atom is 0.225 e. The van der Waals surface area contributed by atoms with Crippen LogP contribution in [0.25, 0.3) is 10.9 Å². The number of carbonyl (C=O) groups is 1. The standard InChI is InChI=1S/C21H23FN2O2/c1-12-4-5-13(2)21-20(12)17(14(3)23-21)10-19(26)24-18(11-25)15-6-8-16(22)9-7-15/h4-9,18,23,25H,10-11H2,1-3H3,(H,24,26)/t18-/m0/s1. The van der Waals surface area contributed by atoms with Crippen LogP contribution in [0, 0.1) is 26.6 Å². The number of aryl methyl sites for hydroxylation is 3. The molecule has 26 heavy (non-hydrogen) atoms. The quantitative estimate of drug-likeness (QED) is 0.655. The maximum absolute atomic E-state index is 13.1. The summed E-state index contributed by atoms with van der Waals surface area (Å²) in [4.78, 5) is 16.0. The Morgan fingerprint density at radius 3 is 2.42 bits per heavy atom. The molecule has 1 aromatic heterocycles. The number of halogens is 1. The predicted octanol–water partition coefficient (Wildman–Crippen LogP) is 3.62. The fraction of sp³-hybridized carbons (Fsp3) is 0.286. The second-order valence-electron chi connectivity index (χ2n) is 6.71. The molecule has 5 heteroatoms. The minimum atomic E-state index is -0.559. The summed E-state index contributed by atoms with van der Waals surface area (Å²) in [7, 11) is 0. The molecule has 1 heterocycles. The third-order valence-corrected chi connectivity index (χ3v) is 4.82. The van der Waals surface area contributed by atoms with Gasteiger partial charge in [-0.05, 0) is 55.2 Å². The van der Waals surface area contributed by atoms with Gasteiger partial charge < -0.3 is 15.4 Å². The van der Waals surface area contributed by atoms with E-state index in [2.05, 4.69) is 22.4 Å². The van der Waals surface area contributed by atoms with E-state index in [1.807, 2.05) is 20.8 Å². The van der Waals surface area contributed by atoms with Crippen molar-refractivity contribution in [3.05, 3.63) is 70.2 Å². The van der Waals surface area contributed by atoms with Gasteiger partial charge in [0.1, 0.15) is 5.82 Å². The van der Waals surface area contributed by atoms with E-state index in [1.165, 1.54) is 12.1 Å². The second-order valence-corrected chi connectivity index (χ2v) is 6.71. The molecule has 0 bridgehead atoms. The molecule has 0 spiro atoms. The Hall–Kier alpha value is -2.66. The van der Waals surface area contributed by atoms with Gasteiger partial charge >= 0.3 is 0 Å². The Morgan fingerprint density at radius 1 is 1.12 bits per heavy atom. The van der Waals surface area contributed by atoms with Crippen molar-refractivity contribution in [2.24, 2.45) is 0 Å². The first-order chi connectivity index (χ1) is 12.4. The molecule has 0 aliphatic rings. The van der Waals surface area contributed by atoms with Crippen molar-refractivity contribution in [1.29, 1.82) is 0 Å². The molecule has 4 nitrogen and oxygen atoms in total. The van der Waals surface area contributed by atoms with Gasteiger partial charge in [-0.3, -0.25) is 4.79 Å². The fourth-order valence-electron chi connectivity index (χ4n) is 3.37. The lowest BCUT2D eigenvalue weighted by Crippen LogP contribution is -2.32. The van der Waals surface area contributed by atoms with E-state index in [0.29, 0.717) is 5.56 Å². The molecule has 2 aromatic carbocycles. The van der Waals surface area contributed by atoms with E-state index >= 15 is 0 Å². The first-order valence-electron chi connectivity index (χ1n) is 8.63. The number of hydrogen-bond acceptors (Lipinski definition) is 2. The molecule has 0 aliphatic carbocycles. The van der Waals surface area contributed by atoms with Crippen molar-refractivity contribution in [2.75, 3.05) is 6.61 Å². The van der Waals surface area contributed by atoms with Gasteiger partial charge in [-0.15, -0.1) is 0 Å². The molecule has 0 saturated heterocycles. The van der Waals surface area contributed by atoms with Gasteiger partial charge in [-0.1, -0.05) is 24.3 Å². The van der Waals surface area contributed by atoms with Crippen LogP contribution < -0.4 is 5.32 Å². The van der Waals surface area contributed by atoms with Crippen LogP contribution in [-0.2, 0) is 11.2 Å². The predicted molar refractivity (Wildman–Crippen MR) is 101 cm³/mol. The molecule has 3 N–H and O–H groups in total. The summed E-state index contributed by atoms with van der Waals surface area (Å²) < 4.78 is 13.1. The molecule has 3 aromatic rings. The number of amides is 1. The number of H-pyrrole nitrogens is 1. The van der Waals surface area contributed by atoms with E-state index in [0.717, 1.165) is 33.3 Å². The van der Waals surface area contributed by atoms with Gasteiger partial charge in [0.15, 0.2) is 0 Å². The number of benzene rings is 2. The van der Waals surface area contributed by atoms with Gasteiger partial charge in [-0.2, -0.15) is 0 Å². The first kappa shape index (κ1) is 18.1. The summed E-state index contributed by atoms with van der Waals surface area (Å²) in [5.74, 6) is -0.532. The topological polar surface area (TPSA) is 65.1 Å². The Bertz CT molecular complexity index is 945. The van der Waals surface area contributed by atoms with Crippen molar-refractivity contribution in [2.45, 2.75) is 33.2 Å². The number of rotatable bonds is 5. The van der Waals surface area contributed by atoms with Gasteiger partial charge in [-0.25, -0.2) is 4.39 Å². The van der Waals surface area contributed by atoms with Gasteiger partial charge in [0.25, 0.3) is 0 Å². The molecule has 136 valence electrons. The van der Waals surface area contributed by atoms with E-state index in [4.69, 9.17) is 0 Å². The van der Waals surface area contributed by atoms with Crippen molar-refractivity contribution < 1.29 is 14.3 Å². The van der Waals surface area contributed by atoms with E-state index in [-0.39, 0.29) is 24.8 Å². The summed E-state index contributed by atoms with van der Waals surface area (Å²) in [5.41, 5.74) is 5.92. The van der Waals surface area contributed by atoms with Crippen LogP contribution in [-0.4, -0.2) is 22.6 Å². The molecular formula is C21H23FN2O2. The molecule has 0 radical (unpaired) electrons. The van der Waals surface area contributed by atoms with Crippen LogP contribution in [0.2, 0.25) is 0 Å². The average Bonchev–Trinajstić information content (AvgIpc) is 2.95. The van der Waals surface area contributed by atoms with Crippen molar-refractivity contribution >= 4 is 16.8 Å². The maximum atomic E-state index is 13.1. The molecule has 3 rings (SSSR count). The molecule has 0 aliphatic heterocycles. The zero-order valence-corrected chi connectivity index (χ0v) is 15.2. The highest BCUT2D eigenvalue weighted by Gasteiger charge is 2.18. The highest BCUT2D eigenvalue weighted by atomic mass is 19.1. The van der Waals surface area contributed by atoms with E-state index in [9.17, 15) is 14.3 Å². The Kier molecular flexibility index (Phi) is 5.09. The summed E-state index contributed by atoms with van der Waals surface area (Å²) in [6.45, 7) is 5.79. The summed E-state index contributed by atoms with van der Waals surface area (Å²) in [5, 5.41) is 13.5. The second kappa shape index (κ2) is 7.30. The molecular weight excluding hydrogens is 331 g/mol. The number of aromatic amines is 1. The highest BCUT2D eigenvalue weighted by molar-refractivity contribution is 5.93. The summed E-state index contributed by atoms with van der Waals surface area (Å²) in [6, 6.07) is 9.34. The Morgan fingerprint density at radius 2 is 1.77 bits per heavy atom. The lowest BCUT2D eigenvalue weighted by molar-refractivity contribution is -0.121. The minimum Gasteiger partial charge on any atom is -0.394 e. The molecule has 1 amide bonds. The van der Waals surface area contributed by atoms with Gasteiger partial charge in [0.2, 0.25) is 5.91 Å². The number of aromatic nitrogens is 1. The number of aliphatic hydroxyl groups excluding tert-OH is 1. The van der Waals surface area contributed by atoms with Gasteiger partial charge in [0, 0.05) is 16.6 Å². The summed E-state index contributed by atoms with van der Waals surface area (Å²) >= 11 is 0. The van der Waals surface area contributed by atoms with Crippen molar-refractivity contribution in [1.82, 2.24) is 10.3 Å². The average molecular weight is 354 g/mol. The van der Waals surface area contributed by atoms with Crippen LogP contribution in [0.15, 0.2) is 36.4 Å². The lowest BCUT2D eigenvalue weighted by Gasteiger charge is -2.17. The smallest absolute Gasteiger partial charge is 0.225 e. The highest BCUT2D eigenvalue weighted by Crippen LogP contribution is 2.28. The number of aliphatic hydroxyl groups is 1. The van der Waals surface area contributed by atoms with Crippen LogP contribution in [0.1, 0.15) is 34.0 Å². The number of fused-ring (bicyclic) bond motifs is 1. The third-order valence-electron chi connectivity index (χ3n) is 4.82. The minimum absolute atomic E-state index is 0.182. The van der Waals surface area contributed by atoms with Crippen molar-refractivity contribution in [3.8, 4) is 0 Å². The Balaban J connectivity index is 1.84. The van der Waals surface area contributed by atoms with E-state index < -0.39 is 6.04 Å². The molecule has 0 fully saturated rings.